The Kier molecular flexibility index (Phi) is 2.07. The normalized spacial score (nSPS) is 9.00. The second kappa shape index (κ2) is 2.35. The summed E-state index contributed by atoms with van der Waals surface area (Å²) >= 11 is 0. The standard InChI is InChI=1S/C2H4NO4/c1-2(4)7-3(5)6/h4H,1H3. The van der Waals surface area contributed by atoms with Crippen LogP contribution in [-0.2, 0) is 4.84 Å². The van der Waals surface area contributed by atoms with Crippen molar-refractivity contribution in [2.24, 2.45) is 0 Å². The van der Waals surface area contributed by atoms with Gasteiger partial charge in [-0.2, -0.15) is 0 Å². The zero-order chi connectivity index (χ0) is 5.86. The average Bonchev–Trinajstić information content (AvgIpc) is 1.27. The van der Waals surface area contributed by atoms with Crippen molar-refractivity contribution in [2.75, 3.05) is 0 Å². The Labute approximate surface area is 39.6 Å². The summed E-state index contributed by atoms with van der Waals surface area (Å²) in [4.78, 5) is 12.7. The second-order valence-electron chi connectivity index (χ2n) is 0.834. The quantitative estimate of drug-likeness (QED) is 0.399. The zero-order valence-electron chi connectivity index (χ0n) is 3.62. The van der Waals surface area contributed by atoms with Crippen LogP contribution in [0.5, 0.6) is 0 Å². The van der Waals surface area contributed by atoms with Gasteiger partial charge in [0.2, 0.25) is 0 Å². The molecular weight excluding hydrogens is 102 g/mol. The van der Waals surface area contributed by atoms with E-state index < -0.39 is 11.4 Å². The predicted octanol–water partition coefficient (Wildman–Crippen LogP) is 0.0766. The minimum Gasteiger partial charge on any atom is -0.362 e. The summed E-state index contributed by atoms with van der Waals surface area (Å²) in [6.07, 6.45) is -0.662. The van der Waals surface area contributed by atoms with Crippen LogP contribution in [0.25, 0.3) is 0 Å². The summed E-state index contributed by atoms with van der Waals surface area (Å²) in [6, 6.07) is 0. The van der Waals surface area contributed by atoms with E-state index in [0.717, 1.165) is 6.92 Å². The van der Waals surface area contributed by atoms with Gasteiger partial charge < -0.3 is 5.11 Å². The maximum Gasteiger partial charge on any atom is 0.297 e. The molecule has 7 heavy (non-hydrogen) atoms. The van der Waals surface area contributed by atoms with Gasteiger partial charge in [0.05, 0.1) is 0 Å². The number of hydrogen-bond acceptors (Lipinski definition) is 4. The SMILES string of the molecule is C[C](O)O[N+](=O)[O-]. The van der Waals surface area contributed by atoms with E-state index in [1.165, 1.54) is 0 Å². The molecule has 1 N–H and O–H groups in total. The molecule has 0 saturated carbocycles. The zero-order valence-corrected chi connectivity index (χ0v) is 3.62. The van der Waals surface area contributed by atoms with E-state index in [0.29, 0.717) is 0 Å². The summed E-state index contributed by atoms with van der Waals surface area (Å²) in [6.45, 7) is 1.07. The molecule has 0 rings (SSSR count). The fourth-order valence-corrected chi connectivity index (χ4v) is 0.108. The first-order chi connectivity index (χ1) is 3.13. The molecule has 0 aromatic heterocycles. The molecular formula is C2H4NO4. The van der Waals surface area contributed by atoms with Gasteiger partial charge in [-0.15, -0.1) is 10.1 Å². The number of nitrogens with zero attached hydrogens (tertiary/aromatic N) is 1. The van der Waals surface area contributed by atoms with Crippen molar-refractivity contribution in [2.45, 2.75) is 6.92 Å². The summed E-state index contributed by atoms with van der Waals surface area (Å²) in [5, 5.41) is 16.1. The lowest BCUT2D eigenvalue weighted by atomic mass is 10.8. The van der Waals surface area contributed by atoms with Gasteiger partial charge >= 0.3 is 0 Å². The van der Waals surface area contributed by atoms with Crippen LogP contribution in [-0.4, -0.2) is 10.2 Å². The molecule has 1 radical (unpaired) electrons. The summed E-state index contributed by atoms with van der Waals surface area (Å²) in [5.41, 5.74) is 0. The largest absolute Gasteiger partial charge is 0.362 e. The topological polar surface area (TPSA) is 72.6 Å². The number of rotatable bonds is 2. The third-order valence-corrected chi connectivity index (χ3v) is 0.207. The maximum atomic E-state index is 9.21. The number of hydrogen-bond donors (Lipinski definition) is 1. The van der Waals surface area contributed by atoms with Gasteiger partial charge in [0, 0.05) is 0 Å². The molecule has 0 bridgehead atoms. The smallest absolute Gasteiger partial charge is 0.297 e. The Balaban J connectivity index is 3.13. The van der Waals surface area contributed by atoms with Crippen LogP contribution >= 0.6 is 0 Å². The highest BCUT2D eigenvalue weighted by Gasteiger charge is 1.99. The van der Waals surface area contributed by atoms with Crippen molar-refractivity contribution >= 4 is 0 Å². The molecule has 0 spiro atoms. The Morgan fingerprint density at radius 1 is 2.00 bits per heavy atom. The molecule has 0 aromatic rings. The molecule has 0 aliphatic carbocycles. The van der Waals surface area contributed by atoms with Gasteiger partial charge in [-0.25, -0.2) is 0 Å². The van der Waals surface area contributed by atoms with Crippen molar-refractivity contribution in [1.29, 1.82) is 0 Å². The molecule has 0 amide bonds. The Hall–Kier alpha value is -0.840. The highest BCUT2D eigenvalue weighted by molar-refractivity contribution is 4.39. The molecule has 0 aliphatic heterocycles. The van der Waals surface area contributed by atoms with E-state index in [-0.39, 0.29) is 0 Å². The van der Waals surface area contributed by atoms with Gasteiger partial charge in [-0.3, -0.25) is 4.84 Å². The first-order valence-electron chi connectivity index (χ1n) is 1.48. The molecule has 0 aromatic carbocycles. The Morgan fingerprint density at radius 3 is 2.43 bits per heavy atom. The summed E-state index contributed by atoms with van der Waals surface area (Å²) in [7, 11) is 0. The van der Waals surface area contributed by atoms with Crippen LogP contribution in [0.3, 0.4) is 0 Å². The van der Waals surface area contributed by atoms with E-state index in [9.17, 15) is 10.1 Å². The molecule has 0 heterocycles. The van der Waals surface area contributed by atoms with Gasteiger partial charge in [0.15, 0.2) is 0 Å². The second-order valence-corrected chi connectivity index (χ2v) is 0.834. The van der Waals surface area contributed by atoms with Crippen LogP contribution in [0, 0.1) is 16.4 Å². The van der Waals surface area contributed by atoms with Gasteiger partial charge in [-0.05, 0) is 6.92 Å². The average molecular weight is 106 g/mol. The minimum atomic E-state index is -1.09. The maximum absolute atomic E-state index is 9.21. The van der Waals surface area contributed by atoms with E-state index in [1.54, 1.807) is 0 Å². The van der Waals surface area contributed by atoms with Gasteiger partial charge in [0.1, 0.15) is 0 Å². The molecule has 0 saturated heterocycles. The number of aliphatic hydroxyl groups excluding tert-OH is 1. The van der Waals surface area contributed by atoms with E-state index in [1.807, 2.05) is 0 Å². The number of aliphatic hydroxyl groups is 1. The fourth-order valence-electron chi connectivity index (χ4n) is 0.108. The highest BCUT2D eigenvalue weighted by atomic mass is 17.0. The van der Waals surface area contributed by atoms with Crippen molar-refractivity contribution in [3.8, 4) is 0 Å². The molecule has 0 fully saturated rings. The van der Waals surface area contributed by atoms with Crippen LogP contribution < -0.4 is 0 Å². The molecule has 0 aliphatic rings. The fraction of sp³-hybridized carbons (Fsp3) is 0.500. The molecule has 41 valence electrons. The van der Waals surface area contributed by atoms with Gasteiger partial charge in [-0.1, -0.05) is 0 Å². The van der Waals surface area contributed by atoms with Crippen molar-refractivity contribution in [3.63, 3.8) is 0 Å². The van der Waals surface area contributed by atoms with Crippen molar-refractivity contribution in [3.05, 3.63) is 16.4 Å². The van der Waals surface area contributed by atoms with Crippen molar-refractivity contribution < 1.29 is 15.0 Å². The highest BCUT2D eigenvalue weighted by Crippen LogP contribution is 1.90. The van der Waals surface area contributed by atoms with Crippen LogP contribution in [0.15, 0.2) is 0 Å². The predicted molar refractivity (Wildman–Crippen MR) is 18.9 cm³/mol. The van der Waals surface area contributed by atoms with Crippen molar-refractivity contribution in [1.82, 2.24) is 0 Å². The Bertz CT molecular complexity index is 70.1. The molecule has 5 heteroatoms. The first-order valence-corrected chi connectivity index (χ1v) is 1.48. The van der Waals surface area contributed by atoms with E-state index in [4.69, 9.17) is 5.11 Å². The lowest BCUT2D eigenvalue weighted by molar-refractivity contribution is -0.760. The molecule has 0 unspecified atom stereocenters. The third kappa shape index (κ3) is 5.16. The molecule has 0 atom stereocenters. The lowest BCUT2D eigenvalue weighted by Gasteiger charge is -1.94. The summed E-state index contributed by atoms with van der Waals surface area (Å²) < 4.78 is 0. The minimum absolute atomic E-state index is 0.662. The third-order valence-electron chi connectivity index (χ3n) is 0.207. The summed E-state index contributed by atoms with van der Waals surface area (Å²) in [5.74, 6) is 0. The Morgan fingerprint density at radius 2 is 2.43 bits per heavy atom. The van der Waals surface area contributed by atoms with E-state index >= 15 is 0 Å². The monoisotopic (exact) mass is 106 g/mol. The molecule has 5 nitrogen and oxygen atoms in total. The van der Waals surface area contributed by atoms with Crippen LogP contribution in [0.4, 0.5) is 0 Å². The van der Waals surface area contributed by atoms with Crippen LogP contribution in [0.1, 0.15) is 6.92 Å². The van der Waals surface area contributed by atoms with E-state index in [2.05, 4.69) is 4.84 Å². The van der Waals surface area contributed by atoms with Crippen LogP contribution in [0.2, 0.25) is 0 Å². The first kappa shape index (κ1) is 6.16. The lowest BCUT2D eigenvalue weighted by Crippen LogP contribution is -2.03. The van der Waals surface area contributed by atoms with Gasteiger partial charge in [0.25, 0.3) is 11.4 Å².